The van der Waals surface area contributed by atoms with Gasteiger partial charge in [-0.3, -0.25) is 9.59 Å². The molecule has 0 radical (unpaired) electrons. The van der Waals surface area contributed by atoms with Crippen molar-refractivity contribution in [3.05, 3.63) is 57.6 Å². The number of rotatable bonds is 10. The minimum Gasteiger partial charge on any atom is -0.467 e. The number of amides is 2. The predicted octanol–water partition coefficient (Wildman–Crippen LogP) is 3.94. The molecule has 2 aromatic rings. The normalized spacial score (nSPS) is 12.5. The molecule has 0 N–H and O–H groups in total. The Kier molecular flexibility index (Phi) is 8.55. The smallest absolute Gasteiger partial charge is 0.258 e. The molecule has 0 aliphatic carbocycles. The van der Waals surface area contributed by atoms with Crippen LogP contribution in [-0.2, 0) is 22.6 Å². The van der Waals surface area contributed by atoms with Crippen LogP contribution in [0.4, 0.5) is 0 Å². The summed E-state index contributed by atoms with van der Waals surface area (Å²) >= 11 is 6.36. The Morgan fingerprint density at radius 1 is 0.970 bits per heavy atom. The molecule has 2 amide bonds. The third kappa shape index (κ3) is 5.40. The van der Waals surface area contributed by atoms with E-state index in [9.17, 15) is 9.59 Å². The third-order valence-corrected chi connectivity index (χ3v) is 5.78. The molecule has 0 fully saturated rings. The van der Waals surface area contributed by atoms with Crippen LogP contribution >= 0.6 is 11.6 Å². The van der Waals surface area contributed by atoms with Gasteiger partial charge in [-0.25, -0.2) is 0 Å². The molecule has 1 aliphatic heterocycles. The largest absolute Gasteiger partial charge is 0.467 e. The zero-order chi connectivity index (χ0) is 24.0. The fourth-order valence-electron chi connectivity index (χ4n) is 3.79. The molecule has 0 saturated heterocycles. The maximum atomic E-state index is 13.5. The predicted molar refractivity (Wildman–Crippen MR) is 124 cm³/mol. The molecule has 33 heavy (non-hydrogen) atoms. The van der Waals surface area contributed by atoms with Crippen LogP contribution in [0.15, 0.2) is 30.3 Å². The first-order valence-electron chi connectivity index (χ1n) is 10.7. The Labute approximate surface area is 198 Å². The fourth-order valence-corrected chi connectivity index (χ4v) is 4.01. The van der Waals surface area contributed by atoms with Crippen molar-refractivity contribution >= 4 is 23.4 Å². The standard InChI is InChI=1S/C24H29ClN2O6/c1-5-26(6-2)23(28)17-9-7-8-16-12-27(13-19(16)17)24(29)18-10-20(25)22(33-15-31-4)11-21(18)32-14-30-3/h7-11H,5-6,12-15H2,1-4H3. The fraction of sp³-hybridized carbons (Fsp3) is 0.417. The average Bonchev–Trinajstić information content (AvgIpc) is 3.27. The number of fused-ring (bicyclic) bond motifs is 1. The molecule has 0 aromatic heterocycles. The first kappa shape index (κ1) is 24.8. The zero-order valence-electron chi connectivity index (χ0n) is 19.4. The summed E-state index contributed by atoms with van der Waals surface area (Å²) < 4.78 is 21.0. The van der Waals surface area contributed by atoms with Gasteiger partial charge in [0.1, 0.15) is 11.5 Å². The quantitative estimate of drug-likeness (QED) is 0.483. The Hall–Kier alpha value is -2.81. The number of halogens is 1. The Morgan fingerprint density at radius 2 is 1.64 bits per heavy atom. The topological polar surface area (TPSA) is 77.5 Å². The highest BCUT2D eigenvalue weighted by Gasteiger charge is 2.31. The number of methoxy groups -OCH3 is 2. The summed E-state index contributed by atoms with van der Waals surface area (Å²) in [6.07, 6.45) is 0. The molecule has 9 heteroatoms. The summed E-state index contributed by atoms with van der Waals surface area (Å²) in [5.74, 6) is 0.322. The van der Waals surface area contributed by atoms with Gasteiger partial charge in [-0.15, -0.1) is 0 Å². The minimum atomic E-state index is -0.265. The number of benzene rings is 2. The van der Waals surface area contributed by atoms with Gasteiger partial charge < -0.3 is 28.7 Å². The lowest BCUT2D eigenvalue weighted by Crippen LogP contribution is -2.31. The van der Waals surface area contributed by atoms with Crippen molar-refractivity contribution in [3.63, 3.8) is 0 Å². The molecule has 0 bridgehead atoms. The van der Waals surface area contributed by atoms with E-state index in [4.69, 9.17) is 30.5 Å². The Bertz CT molecular complexity index is 1010. The van der Waals surface area contributed by atoms with Crippen molar-refractivity contribution in [2.24, 2.45) is 0 Å². The van der Waals surface area contributed by atoms with Crippen molar-refractivity contribution in [2.75, 3.05) is 40.9 Å². The molecule has 3 rings (SSSR count). The van der Waals surface area contributed by atoms with Crippen LogP contribution in [0, 0.1) is 0 Å². The number of hydrogen-bond acceptors (Lipinski definition) is 6. The van der Waals surface area contributed by atoms with Crippen LogP contribution < -0.4 is 9.47 Å². The summed E-state index contributed by atoms with van der Waals surface area (Å²) in [6, 6.07) is 8.68. The third-order valence-electron chi connectivity index (χ3n) is 5.48. The molecular formula is C24H29ClN2O6. The number of carbonyl (C=O) groups is 2. The van der Waals surface area contributed by atoms with Gasteiger partial charge in [0.15, 0.2) is 13.6 Å². The molecule has 1 heterocycles. The number of nitrogens with zero attached hydrogens (tertiary/aromatic N) is 2. The van der Waals surface area contributed by atoms with E-state index in [-0.39, 0.29) is 41.7 Å². The summed E-state index contributed by atoms with van der Waals surface area (Å²) in [5.41, 5.74) is 2.73. The van der Waals surface area contributed by atoms with Gasteiger partial charge in [-0.1, -0.05) is 23.7 Å². The highest BCUT2D eigenvalue weighted by atomic mass is 35.5. The maximum absolute atomic E-state index is 13.5. The van der Waals surface area contributed by atoms with Crippen LogP contribution in [-0.4, -0.2) is 62.5 Å². The van der Waals surface area contributed by atoms with Crippen molar-refractivity contribution in [3.8, 4) is 11.5 Å². The second kappa shape index (κ2) is 11.4. The lowest BCUT2D eigenvalue weighted by atomic mass is 10.0. The van der Waals surface area contributed by atoms with Gasteiger partial charge in [0.25, 0.3) is 11.8 Å². The summed E-state index contributed by atoms with van der Waals surface area (Å²) in [7, 11) is 2.99. The first-order valence-corrected chi connectivity index (χ1v) is 11.1. The van der Waals surface area contributed by atoms with Crippen LogP contribution in [0.3, 0.4) is 0 Å². The zero-order valence-corrected chi connectivity index (χ0v) is 20.1. The van der Waals surface area contributed by atoms with E-state index in [1.165, 1.54) is 20.3 Å². The molecule has 2 aromatic carbocycles. The van der Waals surface area contributed by atoms with Gasteiger partial charge in [0.05, 0.1) is 10.6 Å². The molecule has 0 atom stereocenters. The van der Waals surface area contributed by atoms with E-state index < -0.39 is 0 Å². The lowest BCUT2D eigenvalue weighted by molar-refractivity contribution is 0.0448. The second-order valence-corrected chi connectivity index (χ2v) is 7.87. The molecule has 178 valence electrons. The highest BCUT2D eigenvalue weighted by Crippen LogP contribution is 2.36. The summed E-state index contributed by atoms with van der Waals surface area (Å²) in [6.45, 7) is 5.81. The van der Waals surface area contributed by atoms with Gasteiger partial charge in [0, 0.05) is 52.0 Å². The molecule has 0 saturated carbocycles. The van der Waals surface area contributed by atoms with E-state index in [1.807, 2.05) is 32.0 Å². The summed E-state index contributed by atoms with van der Waals surface area (Å²) in [5, 5.41) is 0.259. The van der Waals surface area contributed by atoms with E-state index in [1.54, 1.807) is 15.9 Å². The van der Waals surface area contributed by atoms with E-state index in [0.717, 1.165) is 11.1 Å². The van der Waals surface area contributed by atoms with Gasteiger partial charge >= 0.3 is 0 Å². The van der Waals surface area contributed by atoms with Gasteiger partial charge in [-0.05, 0) is 37.1 Å². The van der Waals surface area contributed by atoms with E-state index in [0.29, 0.717) is 37.5 Å². The van der Waals surface area contributed by atoms with E-state index >= 15 is 0 Å². The van der Waals surface area contributed by atoms with Gasteiger partial charge in [0.2, 0.25) is 0 Å². The van der Waals surface area contributed by atoms with Crippen molar-refractivity contribution in [1.29, 1.82) is 0 Å². The SMILES string of the molecule is CCN(CC)C(=O)c1cccc2c1CN(C(=O)c1cc(Cl)c(OCOC)cc1OCOC)C2. The number of carbonyl (C=O) groups excluding carboxylic acids is 2. The maximum Gasteiger partial charge on any atom is 0.258 e. The first-order chi connectivity index (χ1) is 15.9. The molecular weight excluding hydrogens is 448 g/mol. The summed E-state index contributed by atoms with van der Waals surface area (Å²) in [4.78, 5) is 29.9. The van der Waals surface area contributed by atoms with Crippen LogP contribution in [0.25, 0.3) is 0 Å². The van der Waals surface area contributed by atoms with Crippen LogP contribution in [0.2, 0.25) is 5.02 Å². The Balaban J connectivity index is 1.90. The van der Waals surface area contributed by atoms with Crippen molar-refractivity contribution in [1.82, 2.24) is 9.80 Å². The number of hydrogen-bond donors (Lipinski definition) is 0. The average molecular weight is 477 g/mol. The monoisotopic (exact) mass is 476 g/mol. The lowest BCUT2D eigenvalue weighted by Gasteiger charge is -2.21. The van der Waals surface area contributed by atoms with E-state index in [2.05, 4.69) is 0 Å². The van der Waals surface area contributed by atoms with Crippen LogP contribution in [0.1, 0.15) is 45.7 Å². The van der Waals surface area contributed by atoms with Gasteiger partial charge in [-0.2, -0.15) is 0 Å². The number of ether oxygens (including phenoxy) is 4. The molecule has 0 spiro atoms. The minimum absolute atomic E-state index is 0.00150. The molecule has 8 nitrogen and oxygen atoms in total. The molecule has 0 unspecified atom stereocenters. The Morgan fingerprint density at radius 3 is 2.27 bits per heavy atom. The van der Waals surface area contributed by atoms with Crippen molar-refractivity contribution < 1.29 is 28.5 Å². The molecule has 1 aliphatic rings. The highest BCUT2D eigenvalue weighted by molar-refractivity contribution is 6.32. The van der Waals surface area contributed by atoms with Crippen molar-refractivity contribution in [2.45, 2.75) is 26.9 Å². The van der Waals surface area contributed by atoms with Crippen LogP contribution in [0.5, 0.6) is 11.5 Å². The second-order valence-electron chi connectivity index (χ2n) is 7.46.